The molecule has 1 amide bonds. The van der Waals surface area contributed by atoms with Gasteiger partial charge >= 0.3 is 0 Å². The first-order valence-corrected chi connectivity index (χ1v) is 7.04. The summed E-state index contributed by atoms with van der Waals surface area (Å²) in [5, 5.41) is 2.86. The molecule has 6 nitrogen and oxygen atoms in total. The lowest BCUT2D eigenvalue weighted by atomic mass is 10.2. The van der Waals surface area contributed by atoms with Gasteiger partial charge in [-0.15, -0.1) is 0 Å². The van der Waals surface area contributed by atoms with Gasteiger partial charge in [-0.05, 0) is 24.6 Å². The third kappa shape index (κ3) is 4.47. The number of carbonyl (C=O) groups is 1. The van der Waals surface area contributed by atoms with E-state index in [4.69, 9.17) is 10.5 Å². The summed E-state index contributed by atoms with van der Waals surface area (Å²) in [4.78, 5) is 18.1. The molecule has 1 aliphatic rings. The fourth-order valence-corrected chi connectivity index (χ4v) is 2.05. The number of rotatable bonds is 6. The van der Waals surface area contributed by atoms with Crippen molar-refractivity contribution in [2.75, 3.05) is 37.7 Å². The Kier molecular flexibility index (Phi) is 5.76. The van der Waals surface area contributed by atoms with E-state index in [2.05, 4.69) is 15.2 Å². The molecule has 0 aliphatic carbocycles. The summed E-state index contributed by atoms with van der Waals surface area (Å²) < 4.78 is 5.32. The Balaban J connectivity index is 1.80. The maximum Gasteiger partial charge on any atom is 0.220 e. The number of nitrogens with zero attached hydrogens (tertiary/aromatic N) is 2. The minimum absolute atomic E-state index is 0.0349. The van der Waals surface area contributed by atoms with Crippen LogP contribution >= 0.6 is 0 Å². The molecule has 2 heterocycles. The van der Waals surface area contributed by atoms with Gasteiger partial charge in [0, 0.05) is 32.3 Å². The number of amides is 1. The highest BCUT2D eigenvalue weighted by atomic mass is 16.5. The van der Waals surface area contributed by atoms with Gasteiger partial charge < -0.3 is 20.7 Å². The average Bonchev–Trinajstić information content (AvgIpc) is 2.52. The van der Waals surface area contributed by atoms with E-state index in [-0.39, 0.29) is 5.91 Å². The summed E-state index contributed by atoms with van der Waals surface area (Å²) in [5.41, 5.74) is 6.37. The standard InChI is InChI=1S/C14H22N4O2/c15-5-1-2-14(19)17-11-12-3-4-13(16-10-12)18-6-8-20-9-7-18/h3-4,10H,1-2,5-9,11,15H2,(H,17,19). The van der Waals surface area contributed by atoms with Gasteiger partial charge in [0.2, 0.25) is 5.91 Å². The van der Waals surface area contributed by atoms with Crippen LogP contribution in [0.2, 0.25) is 0 Å². The molecule has 0 radical (unpaired) electrons. The van der Waals surface area contributed by atoms with E-state index in [1.54, 1.807) is 0 Å². The van der Waals surface area contributed by atoms with Crippen LogP contribution in [0.4, 0.5) is 5.82 Å². The van der Waals surface area contributed by atoms with Crippen molar-refractivity contribution in [2.24, 2.45) is 5.73 Å². The number of pyridine rings is 1. The smallest absolute Gasteiger partial charge is 0.220 e. The second-order valence-corrected chi connectivity index (χ2v) is 4.79. The van der Waals surface area contributed by atoms with Crippen molar-refractivity contribution in [3.8, 4) is 0 Å². The maximum atomic E-state index is 11.5. The molecule has 3 N–H and O–H groups in total. The highest BCUT2D eigenvalue weighted by Crippen LogP contribution is 2.12. The molecule has 20 heavy (non-hydrogen) atoms. The molecule has 0 saturated carbocycles. The van der Waals surface area contributed by atoms with Crippen molar-refractivity contribution in [1.29, 1.82) is 0 Å². The van der Waals surface area contributed by atoms with Crippen LogP contribution in [-0.2, 0) is 16.1 Å². The predicted octanol–water partition coefficient (Wildman–Crippen LogP) is 0.273. The molecule has 0 atom stereocenters. The fraction of sp³-hybridized carbons (Fsp3) is 0.571. The number of hydrogen-bond donors (Lipinski definition) is 2. The van der Waals surface area contributed by atoms with Gasteiger partial charge in [-0.1, -0.05) is 6.07 Å². The van der Waals surface area contributed by atoms with E-state index in [9.17, 15) is 4.79 Å². The van der Waals surface area contributed by atoms with E-state index in [1.165, 1.54) is 0 Å². The van der Waals surface area contributed by atoms with Gasteiger partial charge in [0.25, 0.3) is 0 Å². The molecule has 0 unspecified atom stereocenters. The summed E-state index contributed by atoms with van der Waals surface area (Å²) in [6.07, 6.45) is 3.02. The number of hydrogen-bond acceptors (Lipinski definition) is 5. The van der Waals surface area contributed by atoms with Gasteiger partial charge in [-0.3, -0.25) is 4.79 Å². The molecule has 0 bridgehead atoms. The number of carbonyl (C=O) groups excluding carboxylic acids is 1. The summed E-state index contributed by atoms with van der Waals surface area (Å²) in [6.45, 7) is 4.31. The second kappa shape index (κ2) is 7.81. The summed E-state index contributed by atoms with van der Waals surface area (Å²) in [6, 6.07) is 3.99. The second-order valence-electron chi connectivity index (χ2n) is 4.79. The molecule has 1 aromatic rings. The normalized spacial score (nSPS) is 15.2. The van der Waals surface area contributed by atoms with Crippen LogP contribution in [-0.4, -0.2) is 43.7 Å². The Morgan fingerprint density at radius 1 is 1.40 bits per heavy atom. The average molecular weight is 278 g/mol. The van der Waals surface area contributed by atoms with E-state index in [0.717, 1.165) is 44.1 Å². The monoisotopic (exact) mass is 278 g/mol. The van der Waals surface area contributed by atoms with Crippen molar-refractivity contribution < 1.29 is 9.53 Å². The molecule has 0 spiro atoms. The number of nitrogens with one attached hydrogen (secondary N) is 1. The number of morpholine rings is 1. The zero-order valence-corrected chi connectivity index (χ0v) is 11.7. The zero-order chi connectivity index (χ0) is 14.2. The zero-order valence-electron chi connectivity index (χ0n) is 11.7. The molecule has 110 valence electrons. The minimum Gasteiger partial charge on any atom is -0.378 e. The van der Waals surface area contributed by atoms with Crippen LogP contribution in [0.25, 0.3) is 0 Å². The van der Waals surface area contributed by atoms with Crippen molar-refractivity contribution in [1.82, 2.24) is 10.3 Å². The van der Waals surface area contributed by atoms with Gasteiger partial charge in [-0.25, -0.2) is 4.98 Å². The molecular weight excluding hydrogens is 256 g/mol. The highest BCUT2D eigenvalue weighted by molar-refractivity contribution is 5.75. The first-order chi connectivity index (χ1) is 9.79. The molecule has 2 rings (SSSR count). The Labute approximate surface area is 119 Å². The summed E-state index contributed by atoms with van der Waals surface area (Å²) >= 11 is 0. The van der Waals surface area contributed by atoms with Crippen LogP contribution in [0.1, 0.15) is 18.4 Å². The maximum absolute atomic E-state index is 11.5. The quantitative estimate of drug-likeness (QED) is 0.781. The molecule has 0 aromatic carbocycles. The van der Waals surface area contributed by atoms with E-state index in [1.807, 2.05) is 18.3 Å². The summed E-state index contributed by atoms with van der Waals surface area (Å²) in [7, 11) is 0. The lowest BCUT2D eigenvalue weighted by Gasteiger charge is -2.27. The van der Waals surface area contributed by atoms with E-state index in [0.29, 0.717) is 19.5 Å². The first kappa shape index (κ1) is 14.7. The largest absolute Gasteiger partial charge is 0.378 e. The van der Waals surface area contributed by atoms with Crippen LogP contribution in [0.3, 0.4) is 0 Å². The van der Waals surface area contributed by atoms with Gasteiger partial charge in [-0.2, -0.15) is 0 Å². The molecule has 6 heteroatoms. The van der Waals surface area contributed by atoms with Gasteiger partial charge in [0.05, 0.1) is 13.2 Å². The first-order valence-electron chi connectivity index (χ1n) is 7.04. The fourth-order valence-electron chi connectivity index (χ4n) is 2.05. The van der Waals surface area contributed by atoms with Crippen molar-refractivity contribution in [3.05, 3.63) is 23.9 Å². The van der Waals surface area contributed by atoms with Crippen LogP contribution in [0, 0.1) is 0 Å². The van der Waals surface area contributed by atoms with E-state index >= 15 is 0 Å². The number of ether oxygens (including phenoxy) is 1. The van der Waals surface area contributed by atoms with Crippen LogP contribution in [0.15, 0.2) is 18.3 Å². The highest BCUT2D eigenvalue weighted by Gasteiger charge is 2.11. The van der Waals surface area contributed by atoms with Crippen molar-refractivity contribution in [3.63, 3.8) is 0 Å². The molecule has 1 fully saturated rings. The number of aromatic nitrogens is 1. The summed E-state index contributed by atoms with van der Waals surface area (Å²) in [5.74, 6) is 0.999. The van der Waals surface area contributed by atoms with Gasteiger partial charge in [0.1, 0.15) is 5.82 Å². The van der Waals surface area contributed by atoms with E-state index < -0.39 is 0 Å². The number of nitrogens with two attached hydrogens (primary N) is 1. The van der Waals surface area contributed by atoms with Crippen molar-refractivity contribution >= 4 is 11.7 Å². The molecule has 1 aliphatic heterocycles. The molecule has 1 aromatic heterocycles. The lowest BCUT2D eigenvalue weighted by molar-refractivity contribution is -0.121. The Bertz CT molecular complexity index is 416. The SMILES string of the molecule is NCCCC(=O)NCc1ccc(N2CCOCC2)nc1. The lowest BCUT2D eigenvalue weighted by Crippen LogP contribution is -2.36. The molecular formula is C14H22N4O2. The number of anilines is 1. The third-order valence-corrected chi connectivity index (χ3v) is 3.24. The third-order valence-electron chi connectivity index (χ3n) is 3.24. The topological polar surface area (TPSA) is 80.5 Å². The van der Waals surface area contributed by atoms with Crippen molar-refractivity contribution in [2.45, 2.75) is 19.4 Å². The Hall–Kier alpha value is -1.66. The Morgan fingerprint density at radius 3 is 2.85 bits per heavy atom. The molecule has 1 saturated heterocycles. The Morgan fingerprint density at radius 2 is 2.20 bits per heavy atom. The minimum atomic E-state index is 0.0349. The predicted molar refractivity (Wildman–Crippen MR) is 77.4 cm³/mol. The van der Waals surface area contributed by atoms with Gasteiger partial charge in [0.15, 0.2) is 0 Å². The van der Waals surface area contributed by atoms with Crippen LogP contribution in [0.5, 0.6) is 0 Å². The van der Waals surface area contributed by atoms with Crippen LogP contribution < -0.4 is 16.0 Å².